The Labute approximate surface area is 127 Å². The fourth-order valence-electron chi connectivity index (χ4n) is 2.23. The molecule has 4 nitrogen and oxygen atoms in total. The molecule has 0 aromatic heterocycles. The average Bonchev–Trinajstić information content (AvgIpc) is 2.42. The van der Waals surface area contributed by atoms with Gasteiger partial charge < -0.3 is 9.84 Å². The van der Waals surface area contributed by atoms with Gasteiger partial charge in [-0.05, 0) is 49.4 Å². The molecule has 0 aliphatic heterocycles. The molecule has 21 heavy (non-hydrogen) atoms. The van der Waals surface area contributed by atoms with Crippen molar-refractivity contribution in [3.05, 3.63) is 29.3 Å². The van der Waals surface area contributed by atoms with Crippen LogP contribution in [0.5, 0.6) is 5.75 Å². The number of hydrogen-bond donors (Lipinski definition) is 2. The number of benzene rings is 1. The van der Waals surface area contributed by atoms with Crippen LogP contribution in [0.3, 0.4) is 0 Å². The molecular weight excluding hydrogens is 266 g/mol. The predicted octanol–water partition coefficient (Wildman–Crippen LogP) is 3.34. The fraction of sp³-hybridized carbons (Fsp3) is 0.588. The standard InChI is InChI=1S/C17H27NO3/c1-6-17(5,16(19)20)18-9-10-21-14-7-8-15(12(2)3)13(4)11-14/h7-8,11-12,18H,6,9-10H2,1-5H3,(H,19,20). The number of aryl methyl sites for hydroxylation is 1. The van der Waals surface area contributed by atoms with E-state index in [9.17, 15) is 4.79 Å². The van der Waals surface area contributed by atoms with E-state index in [0.717, 1.165) is 5.75 Å². The summed E-state index contributed by atoms with van der Waals surface area (Å²) in [4.78, 5) is 11.2. The zero-order chi connectivity index (χ0) is 16.0. The van der Waals surface area contributed by atoms with Crippen molar-refractivity contribution < 1.29 is 14.6 Å². The van der Waals surface area contributed by atoms with E-state index in [1.165, 1.54) is 11.1 Å². The first kappa shape index (κ1) is 17.5. The first-order valence-electron chi connectivity index (χ1n) is 7.52. The molecule has 1 aromatic rings. The average molecular weight is 293 g/mol. The van der Waals surface area contributed by atoms with E-state index < -0.39 is 11.5 Å². The molecule has 0 bridgehead atoms. The van der Waals surface area contributed by atoms with Crippen molar-refractivity contribution in [3.8, 4) is 5.75 Å². The summed E-state index contributed by atoms with van der Waals surface area (Å²) >= 11 is 0. The van der Waals surface area contributed by atoms with Gasteiger partial charge in [-0.25, -0.2) is 0 Å². The smallest absolute Gasteiger partial charge is 0.323 e. The topological polar surface area (TPSA) is 58.6 Å². The Morgan fingerprint density at radius 1 is 1.43 bits per heavy atom. The second-order valence-electron chi connectivity index (χ2n) is 5.94. The van der Waals surface area contributed by atoms with Gasteiger partial charge in [0.05, 0.1) is 0 Å². The summed E-state index contributed by atoms with van der Waals surface area (Å²) in [5.74, 6) is 0.496. The van der Waals surface area contributed by atoms with Gasteiger partial charge in [-0.15, -0.1) is 0 Å². The van der Waals surface area contributed by atoms with Gasteiger partial charge in [-0.2, -0.15) is 0 Å². The maximum atomic E-state index is 11.2. The van der Waals surface area contributed by atoms with Crippen LogP contribution < -0.4 is 10.1 Å². The van der Waals surface area contributed by atoms with Crippen LogP contribution in [-0.2, 0) is 4.79 Å². The van der Waals surface area contributed by atoms with Crippen LogP contribution in [0.2, 0.25) is 0 Å². The van der Waals surface area contributed by atoms with E-state index in [-0.39, 0.29) is 0 Å². The van der Waals surface area contributed by atoms with E-state index >= 15 is 0 Å². The first-order valence-corrected chi connectivity index (χ1v) is 7.52. The fourth-order valence-corrected chi connectivity index (χ4v) is 2.23. The molecule has 0 aliphatic rings. The minimum atomic E-state index is -0.888. The highest BCUT2D eigenvalue weighted by molar-refractivity contribution is 5.78. The maximum absolute atomic E-state index is 11.2. The lowest BCUT2D eigenvalue weighted by Gasteiger charge is -2.24. The number of carboxylic acids is 1. The highest BCUT2D eigenvalue weighted by Crippen LogP contribution is 2.23. The summed E-state index contributed by atoms with van der Waals surface area (Å²) in [5, 5.41) is 12.2. The monoisotopic (exact) mass is 293 g/mol. The molecule has 1 aromatic carbocycles. The molecule has 0 saturated heterocycles. The second kappa shape index (κ2) is 7.46. The quantitative estimate of drug-likeness (QED) is 0.722. The van der Waals surface area contributed by atoms with Crippen LogP contribution in [0, 0.1) is 6.92 Å². The van der Waals surface area contributed by atoms with Gasteiger partial charge in [0.2, 0.25) is 0 Å². The lowest BCUT2D eigenvalue weighted by molar-refractivity contribution is -0.144. The van der Waals surface area contributed by atoms with Crippen LogP contribution >= 0.6 is 0 Å². The molecule has 4 heteroatoms. The van der Waals surface area contributed by atoms with Gasteiger partial charge in [0.15, 0.2) is 0 Å². The van der Waals surface area contributed by atoms with Gasteiger partial charge in [0.1, 0.15) is 17.9 Å². The van der Waals surface area contributed by atoms with Crippen LogP contribution in [0.15, 0.2) is 18.2 Å². The molecule has 0 amide bonds. The summed E-state index contributed by atoms with van der Waals surface area (Å²) < 4.78 is 5.69. The molecular formula is C17H27NO3. The minimum Gasteiger partial charge on any atom is -0.492 e. The molecule has 0 saturated carbocycles. The largest absolute Gasteiger partial charge is 0.492 e. The summed E-state index contributed by atoms with van der Waals surface area (Å²) in [7, 11) is 0. The SMILES string of the molecule is CCC(C)(NCCOc1ccc(C(C)C)c(C)c1)C(=O)O. The molecule has 0 aliphatic carbocycles. The van der Waals surface area contributed by atoms with E-state index in [0.29, 0.717) is 25.5 Å². The van der Waals surface area contributed by atoms with Gasteiger partial charge in [0.25, 0.3) is 0 Å². The normalized spacial score (nSPS) is 14.0. The van der Waals surface area contributed by atoms with Crippen LogP contribution in [0.4, 0.5) is 0 Å². The third-order valence-electron chi connectivity index (χ3n) is 3.93. The van der Waals surface area contributed by atoms with E-state index in [4.69, 9.17) is 9.84 Å². The van der Waals surface area contributed by atoms with E-state index in [1.807, 2.05) is 19.1 Å². The lowest BCUT2D eigenvalue weighted by atomic mass is 9.98. The molecule has 0 spiro atoms. The third kappa shape index (κ3) is 4.74. The Hall–Kier alpha value is -1.55. The first-order chi connectivity index (χ1) is 9.80. The van der Waals surface area contributed by atoms with Crippen LogP contribution in [0.1, 0.15) is 51.2 Å². The Bertz CT molecular complexity index is 485. The van der Waals surface area contributed by atoms with Crippen LogP contribution in [0.25, 0.3) is 0 Å². The van der Waals surface area contributed by atoms with Crippen molar-refractivity contribution in [2.75, 3.05) is 13.2 Å². The van der Waals surface area contributed by atoms with Gasteiger partial charge in [0, 0.05) is 6.54 Å². The highest BCUT2D eigenvalue weighted by atomic mass is 16.5. The van der Waals surface area contributed by atoms with Crippen molar-refractivity contribution in [3.63, 3.8) is 0 Å². The predicted molar refractivity (Wildman–Crippen MR) is 85.1 cm³/mol. The van der Waals surface area contributed by atoms with Crippen molar-refractivity contribution in [2.24, 2.45) is 0 Å². The number of ether oxygens (including phenoxy) is 1. The van der Waals surface area contributed by atoms with Gasteiger partial charge >= 0.3 is 5.97 Å². The summed E-state index contributed by atoms with van der Waals surface area (Å²) in [6.07, 6.45) is 0.532. The van der Waals surface area contributed by atoms with Crippen LogP contribution in [-0.4, -0.2) is 29.8 Å². The van der Waals surface area contributed by atoms with E-state index in [1.54, 1.807) is 6.92 Å². The molecule has 2 N–H and O–H groups in total. The summed E-state index contributed by atoms with van der Waals surface area (Å²) in [6.45, 7) is 10.9. The van der Waals surface area contributed by atoms with Crippen molar-refractivity contribution >= 4 is 5.97 Å². The summed E-state index contributed by atoms with van der Waals surface area (Å²) in [6, 6.07) is 6.10. The van der Waals surface area contributed by atoms with Gasteiger partial charge in [-0.1, -0.05) is 26.8 Å². The van der Waals surface area contributed by atoms with Crippen molar-refractivity contribution in [1.82, 2.24) is 5.32 Å². The van der Waals surface area contributed by atoms with Crippen molar-refractivity contribution in [2.45, 2.75) is 52.5 Å². The molecule has 0 heterocycles. The van der Waals surface area contributed by atoms with Gasteiger partial charge in [-0.3, -0.25) is 10.1 Å². The minimum absolute atomic E-state index is 0.448. The molecule has 0 fully saturated rings. The molecule has 118 valence electrons. The summed E-state index contributed by atoms with van der Waals surface area (Å²) in [5.41, 5.74) is 1.66. The highest BCUT2D eigenvalue weighted by Gasteiger charge is 2.29. The Morgan fingerprint density at radius 2 is 2.10 bits per heavy atom. The number of rotatable bonds is 8. The zero-order valence-electron chi connectivity index (χ0n) is 13.7. The zero-order valence-corrected chi connectivity index (χ0v) is 13.7. The van der Waals surface area contributed by atoms with E-state index in [2.05, 4.69) is 32.2 Å². The number of aliphatic carboxylic acids is 1. The number of carbonyl (C=O) groups is 1. The Kier molecular flexibility index (Phi) is 6.21. The number of nitrogens with one attached hydrogen (secondary N) is 1. The molecule has 1 atom stereocenters. The van der Waals surface area contributed by atoms with Crippen molar-refractivity contribution in [1.29, 1.82) is 0 Å². The second-order valence-corrected chi connectivity index (χ2v) is 5.94. The molecule has 1 rings (SSSR count). The maximum Gasteiger partial charge on any atom is 0.323 e. The number of carboxylic acid groups (broad SMARTS) is 1. The number of hydrogen-bond acceptors (Lipinski definition) is 3. The Balaban J connectivity index is 2.50. The third-order valence-corrected chi connectivity index (χ3v) is 3.93. The molecule has 1 unspecified atom stereocenters. The molecule has 0 radical (unpaired) electrons. The lowest BCUT2D eigenvalue weighted by Crippen LogP contribution is -2.50. The Morgan fingerprint density at radius 3 is 2.57 bits per heavy atom.